The molecule has 0 atom stereocenters. The Balaban J connectivity index is 1.88. The molecule has 6 nitrogen and oxygen atoms in total. The molecule has 2 aromatic carbocycles. The largest absolute Gasteiger partial charge is 0.339 e. The maximum atomic E-state index is 13.7. The van der Waals surface area contributed by atoms with Crippen LogP contribution in [0.4, 0.5) is 20.3 Å². The predicted octanol–water partition coefficient (Wildman–Crippen LogP) is 5.47. The molecule has 0 aliphatic carbocycles. The highest BCUT2D eigenvalue weighted by Gasteiger charge is 2.42. The molecule has 0 spiro atoms. The van der Waals surface area contributed by atoms with Crippen molar-refractivity contribution in [2.75, 3.05) is 5.32 Å². The number of carbonyl (C=O) groups excluding carboxylic acids is 1. The molecule has 33 heavy (non-hydrogen) atoms. The quantitative estimate of drug-likeness (QED) is 0.529. The van der Waals surface area contributed by atoms with Crippen LogP contribution in [0.5, 0.6) is 0 Å². The van der Waals surface area contributed by atoms with Crippen molar-refractivity contribution in [2.24, 2.45) is 5.73 Å². The molecule has 1 aliphatic heterocycles. The van der Waals surface area contributed by atoms with Gasteiger partial charge in [0.05, 0.1) is 10.6 Å². The molecule has 0 saturated carbocycles. The molecule has 0 saturated heterocycles. The fourth-order valence-electron chi connectivity index (χ4n) is 3.71. The molecule has 3 N–H and O–H groups in total. The van der Waals surface area contributed by atoms with E-state index in [1.807, 2.05) is 18.4 Å². The third-order valence-electron chi connectivity index (χ3n) is 5.50. The van der Waals surface area contributed by atoms with E-state index in [1.165, 1.54) is 24.3 Å². The topological polar surface area (TPSA) is 76.2 Å². The number of fused-ring (bicyclic) bond motifs is 1. The van der Waals surface area contributed by atoms with E-state index >= 15 is 0 Å². The Morgan fingerprint density at radius 3 is 2.39 bits per heavy atom. The molecule has 9 heteroatoms. The highest BCUT2D eigenvalue weighted by atomic mass is 35.5. The van der Waals surface area contributed by atoms with E-state index < -0.39 is 16.9 Å². The van der Waals surface area contributed by atoms with E-state index in [0.717, 1.165) is 0 Å². The molecular formula is C24H24ClF2N5O. The zero-order valence-corrected chi connectivity index (χ0v) is 19.4. The number of halogens is 3. The van der Waals surface area contributed by atoms with Gasteiger partial charge in [-0.3, -0.25) is 9.36 Å². The van der Waals surface area contributed by atoms with Crippen LogP contribution in [-0.4, -0.2) is 25.9 Å². The van der Waals surface area contributed by atoms with Crippen LogP contribution in [0.15, 0.2) is 48.7 Å². The summed E-state index contributed by atoms with van der Waals surface area (Å²) >= 11 is 5.96. The molecule has 1 aromatic heterocycles. The summed E-state index contributed by atoms with van der Waals surface area (Å²) in [5.41, 5.74) is 5.88. The van der Waals surface area contributed by atoms with Gasteiger partial charge in [0.2, 0.25) is 5.91 Å². The van der Waals surface area contributed by atoms with E-state index in [2.05, 4.69) is 5.32 Å². The Labute approximate surface area is 195 Å². The number of nitrogens with two attached hydrogens (primary N) is 1. The van der Waals surface area contributed by atoms with Crippen LogP contribution < -0.4 is 11.1 Å². The molecule has 1 aliphatic rings. The Bertz CT molecular complexity index is 1260. The number of benzene rings is 2. The second-order valence-corrected chi connectivity index (χ2v) is 9.42. The van der Waals surface area contributed by atoms with Crippen molar-refractivity contribution in [3.63, 3.8) is 0 Å². The monoisotopic (exact) mass is 471 g/mol. The fourth-order valence-corrected chi connectivity index (χ4v) is 3.89. The number of nitrogens with one attached hydrogen (secondary N) is 1. The van der Waals surface area contributed by atoms with Gasteiger partial charge in [0, 0.05) is 23.7 Å². The van der Waals surface area contributed by atoms with Crippen molar-refractivity contribution < 1.29 is 13.6 Å². The van der Waals surface area contributed by atoms with Crippen molar-refractivity contribution in [3.8, 4) is 11.3 Å². The highest BCUT2D eigenvalue weighted by Crippen LogP contribution is 2.40. The number of carbonyl (C=O) groups is 1. The van der Waals surface area contributed by atoms with Gasteiger partial charge >= 0.3 is 0 Å². The van der Waals surface area contributed by atoms with Crippen LogP contribution in [0.2, 0.25) is 5.02 Å². The minimum Gasteiger partial charge on any atom is -0.339 e. The lowest BCUT2D eigenvalue weighted by Gasteiger charge is -2.41. The molecule has 0 bridgehead atoms. The molecule has 0 fully saturated rings. The third kappa shape index (κ3) is 4.12. The number of hydrogen-bond acceptors (Lipinski definition) is 4. The molecular weight excluding hydrogens is 448 g/mol. The first kappa shape index (κ1) is 22.9. The van der Waals surface area contributed by atoms with Gasteiger partial charge < -0.3 is 16.0 Å². The maximum Gasteiger partial charge on any atom is 0.246 e. The van der Waals surface area contributed by atoms with Crippen LogP contribution >= 0.6 is 11.6 Å². The van der Waals surface area contributed by atoms with Gasteiger partial charge in [-0.15, -0.1) is 0 Å². The van der Waals surface area contributed by atoms with Gasteiger partial charge in [0.1, 0.15) is 34.5 Å². The summed E-state index contributed by atoms with van der Waals surface area (Å²) in [6.07, 6.45) is 3.36. The van der Waals surface area contributed by atoms with Gasteiger partial charge in [0.15, 0.2) is 0 Å². The van der Waals surface area contributed by atoms with E-state index in [1.54, 1.807) is 49.3 Å². The van der Waals surface area contributed by atoms with E-state index in [4.69, 9.17) is 22.3 Å². The minimum absolute atomic E-state index is 0.0282. The lowest BCUT2D eigenvalue weighted by Crippen LogP contribution is -2.56. The number of anilines is 2. The second-order valence-electron chi connectivity index (χ2n) is 9.02. The van der Waals surface area contributed by atoms with Crippen LogP contribution in [-0.2, 0) is 10.3 Å². The van der Waals surface area contributed by atoms with Crippen molar-refractivity contribution in [2.45, 2.75) is 38.8 Å². The Hall–Kier alpha value is -3.23. The van der Waals surface area contributed by atoms with Gasteiger partial charge in [-0.25, -0.2) is 13.8 Å². The van der Waals surface area contributed by atoms with E-state index in [9.17, 15) is 13.6 Å². The number of nitrogens with zero attached hydrogens (tertiary/aromatic N) is 3. The zero-order chi connectivity index (χ0) is 24.1. The summed E-state index contributed by atoms with van der Waals surface area (Å²) in [6.45, 7) is 7.03. The standard InChI is InChI=1S/C24H24ClF2N5O/c1-23(2,28)22(33)32-12-11-31-20(29-16-9-10-18(27)17(25)13-16)19(30-21(31)24(32,3)4)14-5-7-15(26)8-6-14/h5-13,29H,28H2,1-4H3. The SMILES string of the molecule is CC(C)(N)C(=O)N1C=Cn2c(nc(-c3ccc(F)cc3)c2Nc2ccc(F)c(Cl)c2)C1(C)C. The number of amides is 1. The van der Waals surface area contributed by atoms with Gasteiger partial charge in [-0.1, -0.05) is 11.6 Å². The highest BCUT2D eigenvalue weighted by molar-refractivity contribution is 6.31. The summed E-state index contributed by atoms with van der Waals surface area (Å²) in [7, 11) is 0. The number of hydrogen-bond donors (Lipinski definition) is 2. The minimum atomic E-state index is -1.08. The Kier molecular flexibility index (Phi) is 5.54. The van der Waals surface area contributed by atoms with Gasteiger partial charge in [-0.05, 0) is 70.2 Å². The van der Waals surface area contributed by atoms with Crippen molar-refractivity contribution in [1.82, 2.24) is 14.5 Å². The lowest BCUT2D eigenvalue weighted by molar-refractivity contribution is -0.138. The summed E-state index contributed by atoms with van der Waals surface area (Å²) in [5, 5.41) is 3.22. The summed E-state index contributed by atoms with van der Waals surface area (Å²) in [4.78, 5) is 19.4. The van der Waals surface area contributed by atoms with E-state index in [-0.39, 0.29) is 16.7 Å². The molecule has 172 valence electrons. The second kappa shape index (κ2) is 7.97. The van der Waals surface area contributed by atoms with Crippen molar-refractivity contribution in [3.05, 3.63) is 71.1 Å². The fraction of sp³-hybridized carbons (Fsp3) is 0.250. The molecule has 0 unspecified atom stereocenters. The smallest absolute Gasteiger partial charge is 0.246 e. The number of imidazole rings is 1. The normalized spacial score (nSPS) is 14.8. The maximum absolute atomic E-state index is 13.7. The zero-order valence-electron chi connectivity index (χ0n) is 18.7. The summed E-state index contributed by atoms with van der Waals surface area (Å²) in [6, 6.07) is 10.2. The predicted molar refractivity (Wildman–Crippen MR) is 126 cm³/mol. The van der Waals surface area contributed by atoms with Crippen molar-refractivity contribution >= 4 is 35.2 Å². The van der Waals surface area contributed by atoms with Gasteiger partial charge in [0.25, 0.3) is 0 Å². The summed E-state index contributed by atoms with van der Waals surface area (Å²) in [5.74, 6) is -0.0397. The molecule has 3 aromatic rings. The van der Waals surface area contributed by atoms with Crippen LogP contribution in [0.3, 0.4) is 0 Å². The van der Waals surface area contributed by atoms with Crippen LogP contribution in [0, 0.1) is 11.6 Å². The van der Waals surface area contributed by atoms with Crippen LogP contribution in [0.25, 0.3) is 17.5 Å². The third-order valence-corrected chi connectivity index (χ3v) is 5.79. The molecule has 0 radical (unpaired) electrons. The number of rotatable bonds is 4. The molecule has 4 rings (SSSR count). The average Bonchev–Trinajstić information content (AvgIpc) is 3.10. The van der Waals surface area contributed by atoms with Gasteiger partial charge in [-0.2, -0.15) is 0 Å². The van der Waals surface area contributed by atoms with Crippen LogP contribution in [0.1, 0.15) is 33.5 Å². The molecule has 1 amide bonds. The lowest BCUT2D eigenvalue weighted by atomic mass is 9.96. The van der Waals surface area contributed by atoms with Crippen molar-refractivity contribution in [1.29, 1.82) is 0 Å². The molecule has 2 heterocycles. The number of aromatic nitrogens is 2. The van der Waals surface area contributed by atoms with E-state index in [0.29, 0.717) is 28.6 Å². The first-order valence-corrected chi connectivity index (χ1v) is 10.7. The average molecular weight is 472 g/mol. The Morgan fingerprint density at radius 1 is 1.12 bits per heavy atom. The summed E-state index contributed by atoms with van der Waals surface area (Å²) < 4.78 is 29.1. The first-order chi connectivity index (χ1) is 15.4. The Morgan fingerprint density at radius 2 is 1.79 bits per heavy atom. The first-order valence-electron chi connectivity index (χ1n) is 10.3.